The minimum absolute atomic E-state index is 0.0555. The Labute approximate surface area is 104 Å². The Morgan fingerprint density at radius 3 is 2.56 bits per heavy atom. The van der Waals surface area contributed by atoms with Crippen LogP contribution in [0.2, 0.25) is 0 Å². The molecule has 18 heavy (non-hydrogen) atoms. The molecule has 2 fully saturated rings. The van der Waals surface area contributed by atoms with Gasteiger partial charge in [0.2, 0.25) is 0 Å². The summed E-state index contributed by atoms with van der Waals surface area (Å²) in [6, 6.07) is 3.32. The molecule has 0 radical (unpaired) electrons. The van der Waals surface area contributed by atoms with Crippen molar-refractivity contribution in [3.05, 3.63) is 24.2 Å². The first kappa shape index (κ1) is 11.6. The summed E-state index contributed by atoms with van der Waals surface area (Å²) < 4.78 is 29.3. The van der Waals surface area contributed by atoms with Gasteiger partial charge in [-0.15, -0.1) is 0 Å². The summed E-state index contributed by atoms with van der Waals surface area (Å²) in [6.45, 7) is 0. The molecule has 1 aliphatic carbocycles. The molecule has 0 N–H and O–H groups in total. The Kier molecular flexibility index (Phi) is 2.45. The van der Waals surface area contributed by atoms with Gasteiger partial charge in [0.05, 0.1) is 11.5 Å². The Balaban J connectivity index is 2.08. The SMILES string of the molecule is O=C1C[C@H](c2ccco2)[C@@H]2[C@@H](C1)C(=O)CS2(=O)=O. The first-order valence-corrected chi connectivity index (χ1v) is 7.50. The molecule has 6 heteroatoms. The van der Waals surface area contributed by atoms with E-state index in [1.54, 1.807) is 12.1 Å². The van der Waals surface area contributed by atoms with Gasteiger partial charge in [0.15, 0.2) is 15.6 Å². The van der Waals surface area contributed by atoms with E-state index in [4.69, 9.17) is 4.42 Å². The molecule has 3 rings (SSSR count). The fraction of sp³-hybridized carbons (Fsp3) is 0.500. The van der Waals surface area contributed by atoms with Crippen LogP contribution in [0.4, 0.5) is 0 Å². The third kappa shape index (κ3) is 1.63. The smallest absolute Gasteiger partial charge is 0.161 e. The maximum Gasteiger partial charge on any atom is 0.161 e. The maximum atomic E-state index is 12.0. The van der Waals surface area contributed by atoms with Gasteiger partial charge in [0, 0.05) is 24.7 Å². The van der Waals surface area contributed by atoms with Gasteiger partial charge in [-0.2, -0.15) is 0 Å². The molecule has 2 aliphatic rings. The lowest BCUT2D eigenvalue weighted by atomic mass is 9.77. The predicted molar refractivity (Wildman–Crippen MR) is 61.8 cm³/mol. The molecule has 96 valence electrons. The highest BCUT2D eigenvalue weighted by Crippen LogP contribution is 2.43. The van der Waals surface area contributed by atoms with Crippen molar-refractivity contribution in [2.24, 2.45) is 5.92 Å². The van der Waals surface area contributed by atoms with Crippen molar-refractivity contribution in [1.29, 1.82) is 0 Å². The second-order valence-electron chi connectivity index (χ2n) is 4.91. The normalized spacial score (nSPS) is 34.6. The van der Waals surface area contributed by atoms with Crippen LogP contribution in [0.1, 0.15) is 24.5 Å². The molecule has 1 aromatic heterocycles. The van der Waals surface area contributed by atoms with E-state index in [1.807, 2.05) is 0 Å². The van der Waals surface area contributed by atoms with E-state index in [0.29, 0.717) is 5.76 Å². The number of furan rings is 1. The Morgan fingerprint density at radius 1 is 1.17 bits per heavy atom. The fourth-order valence-corrected chi connectivity index (χ4v) is 5.33. The summed E-state index contributed by atoms with van der Waals surface area (Å²) in [7, 11) is -3.46. The van der Waals surface area contributed by atoms with E-state index in [-0.39, 0.29) is 24.4 Å². The number of Topliss-reactive ketones (excluding diaryl/α,β-unsaturated/α-hetero) is 2. The van der Waals surface area contributed by atoms with Crippen molar-refractivity contribution in [2.75, 3.05) is 5.75 Å². The van der Waals surface area contributed by atoms with Gasteiger partial charge in [0.25, 0.3) is 0 Å². The first-order valence-electron chi connectivity index (χ1n) is 5.78. The highest BCUT2D eigenvalue weighted by Gasteiger charge is 2.54. The topological polar surface area (TPSA) is 81.4 Å². The van der Waals surface area contributed by atoms with Crippen LogP contribution >= 0.6 is 0 Å². The van der Waals surface area contributed by atoms with E-state index in [1.165, 1.54) is 6.26 Å². The summed E-state index contributed by atoms with van der Waals surface area (Å²) in [5.41, 5.74) is 0. The third-order valence-electron chi connectivity index (χ3n) is 3.77. The Bertz CT molecular complexity index is 598. The van der Waals surface area contributed by atoms with E-state index in [0.717, 1.165) is 0 Å². The van der Waals surface area contributed by atoms with E-state index < -0.39 is 32.7 Å². The number of sulfone groups is 1. The van der Waals surface area contributed by atoms with Gasteiger partial charge in [-0.3, -0.25) is 9.59 Å². The summed E-state index contributed by atoms with van der Waals surface area (Å²) in [5.74, 6) is -1.54. The number of fused-ring (bicyclic) bond motifs is 1. The molecule has 1 saturated carbocycles. The maximum absolute atomic E-state index is 12.0. The zero-order valence-corrected chi connectivity index (χ0v) is 10.4. The van der Waals surface area contributed by atoms with Crippen LogP contribution < -0.4 is 0 Å². The molecule has 0 spiro atoms. The summed E-state index contributed by atoms with van der Waals surface area (Å²) >= 11 is 0. The zero-order valence-electron chi connectivity index (χ0n) is 9.53. The average Bonchev–Trinajstić information content (AvgIpc) is 2.86. The number of carbonyl (C=O) groups is 2. The Morgan fingerprint density at radius 2 is 1.89 bits per heavy atom. The van der Waals surface area contributed by atoms with Crippen LogP contribution in [0.3, 0.4) is 0 Å². The average molecular weight is 268 g/mol. The molecule has 2 heterocycles. The van der Waals surface area contributed by atoms with Gasteiger partial charge in [0.1, 0.15) is 17.3 Å². The molecule has 1 saturated heterocycles. The molecule has 0 aromatic carbocycles. The van der Waals surface area contributed by atoms with Crippen LogP contribution in [0.15, 0.2) is 22.8 Å². The molecular formula is C12H12O5S. The number of hydrogen-bond donors (Lipinski definition) is 0. The molecule has 0 amide bonds. The molecule has 0 unspecified atom stereocenters. The molecular weight excluding hydrogens is 256 g/mol. The van der Waals surface area contributed by atoms with Crippen LogP contribution in [-0.4, -0.2) is 31.0 Å². The molecule has 1 aliphatic heterocycles. The summed E-state index contributed by atoms with van der Waals surface area (Å²) in [5, 5.41) is -0.783. The fourth-order valence-electron chi connectivity index (χ4n) is 3.05. The Hall–Kier alpha value is -1.43. The monoisotopic (exact) mass is 268 g/mol. The van der Waals surface area contributed by atoms with E-state index in [9.17, 15) is 18.0 Å². The van der Waals surface area contributed by atoms with Crippen molar-refractivity contribution in [3.8, 4) is 0 Å². The molecule has 3 atom stereocenters. The predicted octanol–water partition coefficient (Wildman–Crippen LogP) is 0.708. The third-order valence-corrected chi connectivity index (χ3v) is 5.94. The van der Waals surface area contributed by atoms with Gasteiger partial charge >= 0.3 is 0 Å². The highest BCUT2D eigenvalue weighted by atomic mass is 32.2. The van der Waals surface area contributed by atoms with Gasteiger partial charge in [-0.05, 0) is 12.1 Å². The lowest BCUT2D eigenvalue weighted by Gasteiger charge is -2.29. The molecule has 1 aromatic rings. The van der Waals surface area contributed by atoms with Crippen LogP contribution in [0.5, 0.6) is 0 Å². The first-order chi connectivity index (χ1) is 8.49. The van der Waals surface area contributed by atoms with Gasteiger partial charge < -0.3 is 4.42 Å². The van der Waals surface area contributed by atoms with E-state index >= 15 is 0 Å². The highest BCUT2D eigenvalue weighted by molar-refractivity contribution is 7.93. The quantitative estimate of drug-likeness (QED) is 0.749. The van der Waals surface area contributed by atoms with Crippen molar-refractivity contribution in [1.82, 2.24) is 0 Å². The van der Waals surface area contributed by atoms with Crippen LogP contribution in [0, 0.1) is 5.92 Å². The van der Waals surface area contributed by atoms with Crippen molar-refractivity contribution in [2.45, 2.75) is 24.0 Å². The van der Waals surface area contributed by atoms with Crippen molar-refractivity contribution in [3.63, 3.8) is 0 Å². The minimum atomic E-state index is -3.46. The standard InChI is InChI=1S/C12H12O5S/c13-7-4-8-10(14)6-18(15,16)12(8)9(5-7)11-2-1-3-17-11/h1-3,8-9,12H,4-6H2/t8-,9+,12-/m0/s1. The second-order valence-corrected chi connectivity index (χ2v) is 7.07. The van der Waals surface area contributed by atoms with Crippen LogP contribution in [0.25, 0.3) is 0 Å². The molecule has 0 bridgehead atoms. The number of carbonyl (C=O) groups excluding carboxylic acids is 2. The second kappa shape index (κ2) is 3.78. The van der Waals surface area contributed by atoms with Crippen molar-refractivity contribution < 1.29 is 22.4 Å². The number of rotatable bonds is 1. The lowest BCUT2D eigenvalue weighted by molar-refractivity contribution is -0.128. The van der Waals surface area contributed by atoms with Crippen LogP contribution in [-0.2, 0) is 19.4 Å². The summed E-state index contributed by atoms with van der Waals surface area (Å²) in [6.07, 6.45) is 1.65. The summed E-state index contributed by atoms with van der Waals surface area (Å²) in [4.78, 5) is 23.4. The van der Waals surface area contributed by atoms with Gasteiger partial charge in [-0.1, -0.05) is 0 Å². The van der Waals surface area contributed by atoms with E-state index in [2.05, 4.69) is 0 Å². The lowest BCUT2D eigenvalue weighted by Crippen LogP contribution is -2.38. The van der Waals surface area contributed by atoms with Gasteiger partial charge in [-0.25, -0.2) is 8.42 Å². The number of hydrogen-bond acceptors (Lipinski definition) is 5. The number of ketones is 2. The van der Waals surface area contributed by atoms with Crippen molar-refractivity contribution >= 4 is 21.4 Å². The zero-order chi connectivity index (χ0) is 12.9. The minimum Gasteiger partial charge on any atom is -0.469 e. The molecule has 5 nitrogen and oxygen atoms in total. The largest absolute Gasteiger partial charge is 0.469 e.